The van der Waals surface area contributed by atoms with Gasteiger partial charge in [-0.2, -0.15) is 0 Å². The van der Waals surface area contributed by atoms with Crippen molar-refractivity contribution in [2.24, 2.45) is 0 Å². The number of para-hydroxylation sites is 1. The van der Waals surface area contributed by atoms with Crippen LogP contribution in [0.1, 0.15) is 30.1 Å². The smallest absolute Gasteiger partial charge is 0.328 e. The first-order chi connectivity index (χ1) is 11.6. The van der Waals surface area contributed by atoms with Gasteiger partial charge < -0.3 is 15.0 Å². The lowest BCUT2D eigenvalue weighted by atomic mass is 10.1. The van der Waals surface area contributed by atoms with Gasteiger partial charge in [-0.25, -0.2) is 10.3 Å². The topological polar surface area (TPSA) is 121 Å². The molecule has 128 valence electrons. The van der Waals surface area contributed by atoms with E-state index < -0.39 is 23.8 Å². The lowest BCUT2D eigenvalue weighted by Gasteiger charge is -2.16. The van der Waals surface area contributed by atoms with Gasteiger partial charge in [-0.15, -0.1) is 0 Å². The maximum absolute atomic E-state index is 12.5. The van der Waals surface area contributed by atoms with E-state index >= 15 is 0 Å². The average molecular weight is 333 g/mol. The van der Waals surface area contributed by atoms with Gasteiger partial charge in [0, 0.05) is 23.5 Å². The zero-order valence-electron chi connectivity index (χ0n) is 13.2. The minimum absolute atomic E-state index is 0.0132. The number of esters is 1. The quantitative estimate of drug-likeness (QED) is 0.344. The predicted octanol–water partition coefficient (Wildman–Crippen LogP) is 1.12. The molecular weight excluding hydrogens is 314 g/mol. The minimum atomic E-state index is -0.983. The van der Waals surface area contributed by atoms with E-state index in [2.05, 4.69) is 10.3 Å². The molecule has 0 radical (unpaired) electrons. The fourth-order valence-electron chi connectivity index (χ4n) is 2.32. The lowest BCUT2D eigenvalue weighted by molar-refractivity contribution is -0.145. The number of rotatable bonds is 7. The maximum Gasteiger partial charge on any atom is 0.328 e. The highest BCUT2D eigenvalue weighted by atomic mass is 16.5. The van der Waals surface area contributed by atoms with Gasteiger partial charge in [0.2, 0.25) is 5.91 Å². The Morgan fingerprint density at radius 2 is 2.04 bits per heavy atom. The molecular formula is C16H19N3O5. The summed E-state index contributed by atoms with van der Waals surface area (Å²) in [7, 11) is 0. The van der Waals surface area contributed by atoms with Crippen LogP contribution in [0.25, 0.3) is 10.9 Å². The molecule has 4 N–H and O–H groups in total. The van der Waals surface area contributed by atoms with Crippen LogP contribution < -0.4 is 10.8 Å². The second-order valence-corrected chi connectivity index (χ2v) is 5.10. The highest BCUT2D eigenvalue weighted by molar-refractivity contribution is 6.07. The molecule has 24 heavy (non-hydrogen) atoms. The van der Waals surface area contributed by atoms with E-state index in [4.69, 9.17) is 9.94 Å². The van der Waals surface area contributed by atoms with Crippen LogP contribution >= 0.6 is 0 Å². The first-order valence-corrected chi connectivity index (χ1v) is 7.53. The van der Waals surface area contributed by atoms with Crippen LogP contribution in [0.3, 0.4) is 0 Å². The molecule has 1 aromatic carbocycles. The Bertz CT molecular complexity index is 740. The number of hydrogen-bond acceptors (Lipinski definition) is 5. The Balaban J connectivity index is 2.13. The van der Waals surface area contributed by atoms with Crippen molar-refractivity contribution in [1.82, 2.24) is 15.8 Å². The van der Waals surface area contributed by atoms with Gasteiger partial charge in [0.1, 0.15) is 6.04 Å². The molecule has 0 aliphatic carbocycles. The predicted molar refractivity (Wildman–Crippen MR) is 85.3 cm³/mol. The van der Waals surface area contributed by atoms with Gasteiger partial charge in [-0.05, 0) is 19.4 Å². The molecule has 0 unspecified atom stereocenters. The number of ether oxygens (including phenoxy) is 1. The molecule has 0 fully saturated rings. The second kappa shape index (κ2) is 8.11. The highest BCUT2D eigenvalue weighted by Gasteiger charge is 2.24. The number of aromatic nitrogens is 1. The standard InChI is InChI=1S/C16H19N3O5/c1-2-24-16(22)13(7-8-14(20)19-23)18-15(21)11-9-17-12-6-4-3-5-10(11)12/h3-6,9,13,17,23H,2,7-8H2,1H3,(H,18,21)(H,19,20)/t13-/m0/s1. The second-order valence-electron chi connectivity index (χ2n) is 5.10. The van der Waals surface area contributed by atoms with Gasteiger partial charge in [0.25, 0.3) is 5.91 Å². The van der Waals surface area contributed by atoms with Crippen molar-refractivity contribution in [3.63, 3.8) is 0 Å². The zero-order chi connectivity index (χ0) is 17.5. The SMILES string of the molecule is CCOC(=O)[C@H](CCC(=O)NO)NC(=O)c1c[nH]c2ccccc12. The third-order valence-electron chi connectivity index (χ3n) is 3.50. The molecule has 2 amide bonds. The number of H-pyrrole nitrogens is 1. The highest BCUT2D eigenvalue weighted by Crippen LogP contribution is 2.17. The van der Waals surface area contributed by atoms with E-state index in [1.54, 1.807) is 25.3 Å². The monoisotopic (exact) mass is 333 g/mol. The third-order valence-corrected chi connectivity index (χ3v) is 3.50. The summed E-state index contributed by atoms with van der Waals surface area (Å²) in [5, 5.41) is 11.8. The molecule has 2 aromatic rings. The van der Waals surface area contributed by atoms with E-state index in [-0.39, 0.29) is 19.4 Å². The molecule has 0 aliphatic rings. The first-order valence-electron chi connectivity index (χ1n) is 7.53. The summed E-state index contributed by atoms with van der Waals surface area (Å²) in [6.45, 7) is 1.81. The first kappa shape index (κ1) is 17.5. The van der Waals surface area contributed by atoms with Crippen LogP contribution in [-0.2, 0) is 14.3 Å². The van der Waals surface area contributed by atoms with Crippen molar-refractivity contribution in [2.75, 3.05) is 6.61 Å². The number of benzene rings is 1. The summed E-state index contributed by atoms with van der Waals surface area (Å²) >= 11 is 0. The fourth-order valence-corrected chi connectivity index (χ4v) is 2.32. The number of aromatic amines is 1. The van der Waals surface area contributed by atoms with Crippen molar-refractivity contribution in [3.8, 4) is 0 Å². The van der Waals surface area contributed by atoms with Gasteiger partial charge in [0.05, 0.1) is 12.2 Å². The third kappa shape index (κ3) is 4.11. The van der Waals surface area contributed by atoms with Crippen molar-refractivity contribution in [2.45, 2.75) is 25.8 Å². The molecule has 2 rings (SSSR count). The number of hydrogen-bond donors (Lipinski definition) is 4. The normalized spacial score (nSPS) is 11.8. The summed E-state index contributed by atoms with van der Waals surface area (Å²) in [6.07, 6.45) is 1.44. The van der Waals surface area contributed by atoms with Crippen LogP contribution in [0.2, 0.25) is 0 Å². The lowest BCUT2D eigenvalue weighted by Crippen LogP contribution is -2.42. The van der Waals surface area contributed by atoms with Crippen molar-refractivity contribution < 1.29 is 24.3 Å². The Morgan fingerprint density at radius 3 is 2.75 bits per heavy atom. The number of carbonyl (C=O) groups excluding carboxylic acids is 3. The maximum atomic E-state index is 12.5. The van der Waals surface area contributed by atoms with E-state index in [9.17, 15) is 14.4 Å². The van der Waals surface area contributed by atoms with Crippen LogP contribution in [0.4, 0.5) is 0 Å². The van der Waals surface area contributed by atoms with Crippen molar-refractivity contribution in [3.05, 3.63) is 36.0 Å². The Hall–Kier alpha value is -2.87. The Labute approximate surface area is 138 Å². The Morgan fingerprint density at radius 1 is 1.29 bits per heavy atom. The van der Waals surface area contributed by atoms with E-state index in [0.29, 0.717) is 5.56 Å². The van der Waals surface area contributed by atoms with Crippen LogP contribution in [0.5, 0.6) is 0 Å². The Kier molecular flexibility index (Phi) is 5.91. The molecule has 0 bridgehead atoms. The van der Waals surface area contributed by atoms with Gasteiger partial charge >= 0.3 is 5.97 Å². The van der Waals surface area contributed by atoms with E-state index in [0.717, 1.165) is 10.9 Å². The van der Waals surface area contributed by atoms with Crippen LogP contribution in [0, 0.1) is 0 Å². The zero-order valence-corrected chi connectivity index (χ0v) is 13.2. The molecule has 0 spiro atoms. The number of nitrogens with one attached hydrogen (secondary N) is 3. The van der Waals surface area contributed by atoms with Crippen LogP contribution in [-0.4, -0.2) is 40.6 Å². The summed E-state index contributed by atoms with van der Waals surface area (Å²) < 4.78 is 4.92. The molecule has 0 saturated heterocycles. The number of hydroxylamine groups is 1. The molecule has 1 atom stereocenters. The van der Waals surface area contributed by atoms with Crippen molar-refractivity contribution >= 4 is 28.7 Å². The largest absolute Gasteiger partial charge is 0.464 e. The minimum Gasteiger partial charge on any atom is -0.464 e. The van der Waals surface area contributed by atoms with E-state index in [1.807, 2.05) is 12.1 Å². The summed E-state index contributed by atoms with van der Waals surface area (Å²) in [4.78, 5) is 38.6. The number of carbonyl (C=O) groups is 3. The number of amides is 2. The average Bonchev–Trinajstić information content (AvgIpc) is 3.02. The molecule has 8 heteroatoms. The summed E-state index contributed by atoms with van der Waals surface area (Å²) in [6, 6.07) is 6.29. The molecule has 1 aromatic heterocycles. The molecule has 0 aliphatic heterocycles. The van der Waals surface area contributed by atoms with Crippen LogP contribution in [0.15, 0.2) is 30.5 Å². The number of fused-ring (bicyclic) bond motifs is 1. The summed E-state index contributed by atoms with van der Waals surface area (Å²) in [5.41, 5.74) is 2.68. The molecule has 0 saturated carbocycles. The molecule has 8 nitrogen and oxygen atoms in total. The van der Waals surface area contributed by atoms with E-state index in [1.165, 1.54) is 5.48 Å². The fraction of sp³-hybridized carbons (Fsp3) is 0.312. The van der Waals surface area contributed by atoms with Gasteiger partial charge in [0.15, 0.2) is 0 Å². The molecule has 1 heterocycles. The van der Waals surface area contributed by atoms with Gasteiger partial charge in [-0.1, -0.05) is 18.2 Å². The van der Waals surface area contributed by atoms with Gasteiger partial charge in [-0.3, -0.25) is 14.8 Å². The summed E-state index contributed by atoms with van der Waals surface area (Å²) in [5.74, 6) is -1.73. The van der Waals surface area contributed by atoms with Crippen molar-refractivity contribution in [1.29, 1.82) is 0 Å².